The minimum Gasteiger partial charge on any atom is -0.494 e. The van der Waals surface area contributed by atoms with E-state index < -0.39 is 6.04 Å². The third-order valence-corrected chi connectivity index (χ3v) is 3.34. The van der Waals surface area contributed by atoms with Crippen molar-refractivity contribution in [3.8, 4) is 11.5 Å². The van der Waals surface area contributed by atoms with Gasteiger partial charge in [-0.1, -0.05) is 0 Å². The zero-order chi connectivity index (χ0) is 14.7. The highest BCUT2D eigenvalue weighted by Crippen LogP contribution is 2.37. The van der Waals surface area contributed by atoms with Gasteiger partial charge in [-0.3, -0.25) is 4.79 Å². The van der Waals surface area contributed by atoms with Gasteiger partial charge in [-0.2, -0.15) is 0 Å². The number of esters is 1. The van der Waals surface area contributed by atoms with Gasteiger partial charge in [0.1, 0.15) is 17.6 Å². The number of hydrogen-bond donors (Lipinski definition) is 1. The summed E-state index contributed by atoms with van der Waals surface area (Å²) in [4.78, 5) is 11.4. The summed E-state index contributed by atoms with van der Waals surface area (Å²) in [6, 6.07) is 3.39. The summed E-state index contributed by atoms with van der Waals surface area (Å²) in [6.07, 6.45) is 1.14. The lowest BCUT2D eigenvalue weighted by Crippen LogP contribution is -2.17. The molecule has 0 bridgehead atoms. The van der Waals surface area contributed by atoms with Gasteiger partial charge >= 0.3 is 5.97 Å². The van der Waals surface area contributed by atoms with Crippen LogP contribution in [0.25, 0.3) is 0 Å². The van der Waals surface area contributed by atoms with Gasteiger partial charge in [0.05, 0.1) is 20.1 Å². The molecule has 1 unspecified atom stereocenters. The maximum atomic E-state index is 11.4. The first kappa shape index (κ1) is 14.7. The fourth-order valence-electron chi connectivity index (χ4n) is 2.40. The highest BCUT2D eigenvalue weighted by molar-refractivity contribution is 5.70. The molecule has 0 aromatic heterocycles. The van der Waals surface area contributed by atoms with Crippen LogP contribution >= 0.6 is 0 Å². The fraction of sp³-hybridized carbons (Fsp3) is 0.533. The van der Waals surface area contributed by atoms with Gasteiger partial charge in [-0.15, -0.1) is 0 Å². The Morgan fingerprint density at radius 2 is 2.30 bits per heavy atom. The predicted octanol–water partition coefficient (Wildman–Crippen LogP) is 1.97. The lowest BCUT2D eigenvalue weighted by molar-refractivity contribution is -0.141. The summed E-state index contributed by atoms with van der Waals surface area (Å²) in [5.74, 6) is 1.21. The molecule has 110 valence electrons. The lowest BCUT2D eigenvalue weighted by Gasteiger charge is -2.17. The standard InChI is InChI=1S/C15H21NO4/c1-4-19-14-6-10-5-9(2)20-13(10)7-11(14)12(16)8-15(17)18-3/h6-7,9,12H,4-5,8,16H2,1-3H3/t9?,12-/m0/s1. The molecule has 1 aliphatic rings. The van der Waals surface area contributed by atoms with Crippen LogP contribution in [0.5, 0.6) is 11.5 Å². The van der Waals surface area contributed by atoms with E-state index in [0.29, 0.717) is 6.61 Å². The molecule has 2 atom stereocenters. The van der Waals surface area contributed by atoms with Gasteiger partial charge in [0.2, 0.25) is 0 Å². The molecule has 1 aliphatic heterocycles. The molecule has 2 rings (SSSR count). The molecule has 5 heteroatoms. The minimum atomic E-state index is -0.464. The van der Waals surface area contributed by atoms with Crippen LogP contribution in [-0.2, 0) is 16.0 Å². The molecule has 5 nitrogen and oxygen atoms in total. The Labute approximate surface area is 119 Å². The number of methoxy groups -OCH3 is 1. The first-order valence-corrected chi connectivity index (χ1v) is 6.83. The van der Waals surface area contributed by atoms with Crippen LogP contribution in [-0.4, -0.2) is 25.8 Å². The molecule has 0 amide bonds. The maximum Gasteiger partial charge on any atom is 0.307 e. The number of carbonyl (C=O) groups is 1. The van der Waals surface area contributed by atoms with Gasteiger partial charge in [-0.25, -0.2) is 0 Å². The van der Waals surface area contributed by atoms with Crippen LogP contribution in [0.3, 0.4) is 0 Å². The van der Waals surface area contributed by atoms with Crippen LogP contribution < -0.4 is 15.2 Å². The third kappa shape index (κ3) is 3.04. The van der Waals surface area contributed by atoms with Gasteiger partial charge in [0.25, 0.3) is 0 Å². The van der Waals surface area contributed by atoms with E-state index in [-0.39, 0.29) is 18.5 Å². The second-order valence-corrected chi connectivity index (χ2v) is 4.95. The topological polar surface area (TPSA) is 70.8 Å². The van der Waals surface area contributed by atoms with E-state index in [1.165, 1.54) is 7.11 Å². The van der Waals surface area contributed by atoms with E-state index in [4.69, 9.17) is 15.2 Å². The summed E-state index contributed by atoms with van der Waals surface area (Å²) in [5.41, 5.74) is 8.00. The number of fused-ring (bicyclic) bond motifs is 1. The van der Waals surface area contributed by atoms with Crippen LogP contribution in [0, 0.1) is 0 Å². The number of carbonyl (C=O) groups excluding carboxylic acids is 1. The second kappa shape index (κ2) is 6.13. The largest absolute Gasteiger partial charge is 0.494 e. The normalized spacial score (nSPS) is 18.1. The Morgan fingerprint density at radius 1 is 1.55 bits per heavy atom. The Balaban J connectivity index is 2.30. The van der Waals surface area contributed by atoms with Crippen molar-refractivity contribution in [1.29, 1.82) is 0 Å². The van der Waals surface area contributed by atoms with Crippen molar-refractivity contribution >= 4 is 5.97 Å². The summed E-state index contributed by atoms with van der Waals surface area (Å²) >= 11 is 0. The Hall–Kier alpha value is -1.75. The first-order valence-electron chi connectivity index (χ1n) is 6.83. The van der Waals surface area contributed by atoms with Crippen molar-refractivity contribution in [3.05, 3.63) is 23.3 Å². The molecule has 0 saturated carbocycles. The lowest BCUT2D eigenvalue weighted by atomic mass is 10.00. The van der Waals surface area contributed by atoms with Crippen LogP contribution in [0.4, 0.5) is 0 Å². The third-order valence-electron chi connectivity index (χ3n) is 3.34. The Bertz CT molecular complexity index is 501. The molecule has 1 aromatic rings. The monoisotopic (exact) mass is 279 g/mol. The van der Waals surface area contributed by atoms with Crippen molar-refractivity contribution in [2.24, 2.45) is 5.73 Å². The maximum absolute atomic E-state index is 11.4. The van der Waals surface area contributed by atoms with Crippen LogP contribution in [0.1, 0.15) is 37.4 Å². The highest BCUT2D eigenvalue weighted by Gasteiger charge is 2.24. The van der Waals surface area contributed by atoms with Crippen molar-refractivity contribution in [1.82, 2.24) is 0 Å². The number of rotatable bonds is 5. The van der Waals surface area contributed by atoms with Crippen LogP contribution in [0.15, 0.2) is 12.1 Å². The van der Waals surface area contributed by atoms with Gasteiger partial charge in [0, 0.05) is 23.6 Å². The molecule has 0 fully saturated rings. The Morgan fingerprint density at radius 3 is 2.95 bits per heavy atom. The summed E-state index contributed by atoms with van der Waals surface area (Å²) in [7, 11) is 1.35. The highest BCUT2D eigenvalue weighted by atomic mass is 16.5. The zero-order valence-electron chi connectivity index (χ0n) is 12.1. The van der Waals surface area contributed by atoms with E-state index in [2.05, 4.69) is 4.74 Å². The molecule has 0 saturated heterocycles. The van der Waals surface area contributed by atoms with Gasteiger partial charge < -0.3 is 19.9 Å². The molecule has 1 heterocycles. The summed E-state index contributed by atoms with van der Waals surface area (Å²) < 4.78 is 16.0. The number of hydrogen-bond acceptors (Lipinski definition) is 5. The zero-order valence-corrected chi connectivity index (χ0v) is 12.1. The second-order valence-electron chi connectivity index (χ2n) is 4.95. The van der Waals surface area contributed by atoms with Crippen molar-refractivity contribution in [2.75, 3.05) is 13.7 Å². The van der Waals surface area contributed by atoms with Crippen molar-refractivity contribution in [2.45, 2.75) is 38.8 Å². The van der Waals surface area contributed by atoms with Gasteiger partial charge in [0.15, 0.2) is 0 Å². The SMILES string of the molecule is CCOc1cc2c(cc1[C@@H](N)CC(=O)OC)OC(C)C2. The quantitative estimate of drug-likeness (QED) is 0.834. The van der Waals surface area contributed by atoms with Crippen LogP contribution in [0.2, 0.25) is 0 Å². The number of benzene rings is 1. The first-order chi connectivity index (χ1) is 9.55. The number of ether oxygens (including phenoxy) is 3. The molecule has 2 N–H and O–H groups in total. The average Bonchev–Trinajstić information content (AvgIpc) is 2.77. The van der Waals surface area contributed by atoms with E-state index >= 15 is 0 Å². The van der Waals surface area contributed by atoms with Crippen molar-refractivity contribution in [3.63, 3.8) is 0 Å². The summed E-state index contributed by atoms with van der Waals surface area (Å²) in [5, 5.41) is 0. The van der Waals surface area contributed by atoms with Gasteiger partial charge in [-0.05, 0) is 26.0 Å². The number of nitrogens with two attached hydrogens (primary N) is 1. The Kier molecular flexibility index (Phi) is 4.49. The molecule has 1 aromatic carbocycles. The van der Waals surface area contributed by atoms with E-state index in [1.54, 1.807) is 0 Å². The minimum absolute atomic E-state index is 0.116. The smallest absolute Gasteiger partial charge is 0.307 e. The molecule has 0 aliphatic carbocycles. The molecule has 0 spiro atoms. The fourth-order valence-corrected chi connectivity index (χ4v) is 2.40. The van der Waals surface area contributed by atoms with E-state index in [0.717, 1.165) is 29.0 Å². The molecular formula is C15H21NO4. The van der Waals surface area contributed by atoms with E-state index in [9.17, 15) is 4.79 Å². The predicted molar refractivity (Wildman–Crippen MR) is 75.0 cm³/mol. The summed E-state index contributed by atoms with van der Waals surface area (Å²) in [6.45, 7) is 4.49. The molecule has 0 radical (unpaired) electrons. The molecular weight excluding hydrogens is 258 g/mol. The average molecular weight is 279 g/mol. The van der Waals surface area contributed by atoms with Crippen molar-refractivity contribution < 1.29 is 19.0 Å². The van der Waals surface area contributed by atoms with E-state index in [1.807, 2.05) is 26.0 Å². The molecule has 20 heavy (non-hydrogen) atoms.